The fraction of sp³-hybridized carbons (Fsp3) is 0.333. The van der Waals surface area contributed by atoms with E-state index in [1.165, 1.54) is 5.56 Å². The second-order valence-electron chi connectivity index (χ2n) is 5.72. The Labute approximate surface area is 125 Å². The average molecular weight is 283 g/mol. The van der Waals surface area contributed by atoms with Crippen LogP contribution in [0.2, 0.25) is 0 Å². The van der Waals surface area contributed by atoms with Gasteiger partial charge in [-0.15, -0.1) is 0 Å². The number of nitrogens with two attached hydrogens (primary N) is 1. The van der Waals surface area contributed by atoms with Crippen LogP contribution in [0.25, 0.3) is 0 Å². The Hall–Kier alpha value is -2.00. The van der Waals surface area contributed by atoms with Crippen molar-refractivity contribution in [1.29, 1.82) is 0 Å². The van der Waals surface area contributed by atoms with E-state index in [1.807, 2.05) is 19.1 Å². The van der Waals surface area contributed by atoms with Gasteiger partial charge in [-0.3, -0.25) is 0 Å². The summed E-state index contributed by atoms with van der Waals surface area (Å²) < 4.78 is 11.5. The maximum absolute atomic E-state index is 6.33. The first-order valence-corrected chi connectivity index (χ1v) is 7.26. The van der Waals surface area contributed by atoms with Gasteiger partial charge in [-0.1, -0.05) is 23.8 Å². The summed E-state index contributed by atoms with van der Waals surface area (Å²) >= 11 is 0. The summed E-state index contributed by atoms with van der Waals surface area (Å²) in [7, 11) is 1.69. The van der Waals surface area contributed by atoms with E-state index in [-0.39, 0.29) is 12.1 Å². The predicted molar refractivity (Wildman–Crippen MR) is 83.8 cm³/mol. The molecular formula is C18H21NO2. The van der Waals surface area contributed by atoms with Gasteiger partial charge in [0.2, 0.25) is 0 Å². The van der Waals surface area contributed by atoms with Crippen LogP contribution in [0, 0.1) is 13.8 Å². The molecule has 2 aromatic rings. The third-order valence-corrected chi connectivity index (χ3v) is 4.09. The molecule has 0 fully saturated rings. The van der Waals surface area contributed by atoms with E-state index in [0.717, 1.165) is 34.6 Å². The topological polar surface area (TPSA) is 44.5 Å². The first-order chi connectivity index (χ1) is 10.1. The standard InChI is InChI=1S/C18H21NO2/c1-11-4-6-17-14(8-11)15(19)10-18(21-17)13-5-7-16(20-3)12(2)9-13/h4-9,15,18H,10,19H2,1-3H3/t15-,18?/m0/s1. The summed E-state index contributed by atoms with van der Waals surface area (Å²) in [5.74, 6) is 1.80. The lowest BCUT2D eigenvalue weighted by Gasteiger charge is -2.31. The quantitative estimate of drug-likeness (QED) is 0.911. The first kappa shape index (κ1) is 14.0. The summed E-state index contributed by atoms with van der Waals surface area (Å²) in [4.78, 5) is 0. The van der Waals surface area contributed by atoms with E-state index in [2.05, 4.69) is 31.2 Å². The molecule has 110 valence electrons. The zero-order valence-corrected chi connectivity index (χ0v) is 12.7. The van der Waals surface area contributed by atoms with Crippen LogP contribution in [-0.4, -0.2) is 7.11 Å². The van der Waals surface area contributed by atoms with Gasteiger partial charge >= 0.3 is 0 Å². The lowest BCUT2D eigenvalue weighted by atomic mass is 9.92. The molecule has 3 nitrogen and oxygen atoms in total. The van der Waals surface area contributed by atoms with Crippen LogP contribution in [0.3, 0.4) is 0 Å². The van der Waals surface area contributed by atoms with E-state index in [9.17, 15) is 0 Å². The summed E-state index contributed by atoms with van der Waals surface area (Å²) in [5.41, 5.74) is 10.9. The first-order valence-electron chi connectivity index (χ1n) is 7.26. The van der Waals surface area contributed by atoms with Crippen molar-refractivity contribution in [2.45, 2.75) is 32.4 Å². The van der Waals surface area contributed by atoms with Crippen LogP contribution in [0.5, 0.6) is 11.5 Å². The highest BCUT2D eigenvalue weighted by molar-refractivity contribution is 5.43. The van der Waals surface area contributed by atoms with Crippen molar-refractivity contribution >= 4 is 0 Å². The van der Waals surface area contributed by atoms with Crippen LogP contribution < -0.4 is 15.2 Å². The van der Waals surface area contributed by atoms with Gasteiger partial charge in [0.15, 0.2) is 0 Å². The SMILES string of the molecule is COc1ccc(C2C[C@H](N)c3cc(C)ccc3O2)cc1C. The number of aryl methyl sites for hydroxylation is 2. The van der Waals surface area contributed by atoms with Crippen molar-refractivity contribution in [3.63, 3.8) is 0 Å². The molecule has 1 heterocycles. The van der Waals surface area contributed by atoms with Crippen molar-refractivity contribution in [3.8, 4) is 11.5 Å². The molecule has 1 unspecified atom stereocenters. The molecule has 21 heavy (non-hydrogen) atoms. The Morgan fingerprint density at radius 2 is 1.95 bits per heavy atom. The summed E-state index contributed by atoms with van der Waals surface area (Å²) in [6.45, 7) is 4.12. The molecular weight excluding hydrogens is 262 g/mol. The summed E-state index contributed by atoms with van der Waals surface area (Å²) in [6, 6.07) is 12.4. The molecule has 2 aromatic carbocycles. The monoisotopic (exact) mass is 283 g/mol. The molecule has 0 aliphatic carbocycles. The van der Waals surface area contributed by atoms with E-state index in [0.29, 0.717) is 0 Å². The van der Waals surface area contributed by atoms with E-state index >= 15 is 0 Å². The zero-order chi connectivity index (χ0) is 15.0. The van der Waals surface area contributed by atoms with Crippen LogP contribution in [0.15, 0.2) is 36.4 Å². The molecule has 2 N–H and O–H groups in total. The third-order valence-electron chi connectivity index (χ3n) is 4.09. The van der Waals surface area contributed by atoms with Gasteiger partial charge in [-0.05, 0) is 43.2 Å². The summed E-state index contributed by atoms with van der Waals surface area (Å²) in [6.07, 6.45) is 0.794. The van der Waals surface area contributed by atoms with Crippen molar-refractivity contribution < 1.29 is 9.47 Å². The minimum absolute atomic E-state index is 0.000174. The number of ether oxygens (including phenoxy) is 2. The van der Waals surface area contributed by atoms with Gasteiger partial charge in [0.1, 0.15) is 17.6 Å². The van der Waals surface area contributed by atoms with Gasteiger partial charge in [0.05, 0.1) is 7.11 Å². The Morgan fingerprint density at radius 1 is 1.14 bits per heavy atom. The van der Waals surface area contributed by atoms with Gasteiger partial charge in [-0.25, -0.2) is 0 Å². The van der Waals surface area contributed by atoms with Gasteiger partial charge in [0.25, 0.3) is 0 Å². The lowest BCUT2D eigenvalue weighted by molar-refractivity contribution is 0.161. The molecule has 3 heteroatoms. The fourth-order valence-electron chi connectivity index (χ4n) is 2.93. The van der Waals surface area contributed by atoms with E-state index in [1.54, 1.807) is 7.11 Å². The molecule has 3 rings (SSSR count). The fourth-order valence-corrected chi connectivity index (χ4v) is 2.93. The molecule has 1 aliphatic rings. The number of methoxy groups -OCH3 is 1. The van der Waals surface area contributed by atoms with Crippen LogP contribution in [-0.2, 0) is 0 Å². The Bertz CT molecular complexity index is 666. The second kappa shape index (κ2) is 5.41. The van der Waals surface area contributed by atoms with Gasteiger partial charge in [0, 0.05) is 18.0 Å². The molecule has 1 aliphatic heterocycles. The largest absolute Gasteiger partial charge is 0.496 e. The van der Waals surface area contributed by atoms with E-state index < -0.39 is 0 Å². The second-order valence-corrected chi connectivity index (χ2v) is 5.72. The van der Waals surface area contributed by atoms with Crippen LogP contribution in [0.4, 0.5) is 0 Å². The number of rotatable bonds is 2. The smallest absolute Gasteiger partial charge is 0.126 e. The molecule has 0 saturated carbocycles. The minimum atomic E-state index is -0.000174. The highest BCUT2D eigenvalue weighted by Crippen LogP contribution is 2.40. The predicted octanol–water partition coefficient (Wildman–Crippen LogP) is 3.84. The number of hydrogen-bond acceptors (Lipinski definition) is 3. The van der Waals surface area contributed by atoms with Gasteiger partial charge in [-0.2, -0.15) is 0 Å². The van der Waals surface area contributed by atoms with Crippen LogP contribution in [0.1, 0.15) is 40.8 Å². The highest BCUT2D eigenvalue weighted by Gasteiger charge is 2.27. The molecule has 2 atom stereocenters. The molecule has 0 radical (unpaired) electrons. The number of benzene rings is 2. The van der Waals surface area contributed by atoms with Gasteiger partial charge < -0.3 is 15.2 Å². The average Bonchev–Trinajstić information content (AvgIpc) is 2.47. The Balaban J connectivity index is 1.92. The van der Waals surface area contributed by atoms with E-state index in [4.69, 9.17) is 15.2 Å². The third kappa shape index (κ3) is 2.61. The van der Waals surface area contributed by atoms with Crippen molar-refractivity contribution in [2.24, 2.45) is 5.73 Å². The highest BCUT2D eigenvalue weighted by atomic mass is 16.5. The van der Waals surface area contributed by atoms with Crippen molar-refractivity contribution in [3.05, 3.63) is 58.7 Å². The van der Waals surface area contributed by atoms with Crippen LogP contribution >= 0.6 is 0 Å². The molecule has 0 saturated heterocycles. The summed E-state index contributed by atoms with van der Waals surface area (Å²) in [5, 5.41) is 0. The molecule has 0 aromatic heterocycles. The molecule has 0 amide bonds. The number of fused-ring (bicyclic) bond motifs is 1. The Kier molecular flexibility index (Phi) is 3.60. The zero-order valence-electron chi connectivity index (χ0n) is 12.7. The number of hydrogen-bond donors (Lipinski definition) is 1. The molecule has 0 spiro atoms. The normalized spacial score (nSPS) is 20.6. The minimum Gasteiger partial charge on any atom is -0.496 e. The Morgan fingerprint density at radius 3 is 2.67 bits per heavy atom. The van der Waals surface area contributed by atoms with Crippen molar-refractivity contribution in [2.75, 3.05) is 7.11 Å². The maximum atomic E-state index is 6.33. The maximum Gasteiger partial charge on any atom is 0.126 e. The van der Waals surface area contributed by atoms with Crippen molar-refractivity contribution in [1.82, 2.24) is 0 Å². The molecule has 0 bridgehead atoms. The lowest BCUT2D eigenvalue weighted by Crippen LogP contribution is -2.24.